The molecule has 0 aromatic heterocycles. The van der Waals surface area contributed by atoms with Crippen LogP contribution in [-0.4, -0.2) is 42.7 Å². The summed E-state index contributed by atoms with van der Waals surface area (Å²) in [6.45, 7) is 6.16. The fourth-order valence-corrected chi connectivity index (χ4v) is 4.47. The molecule has 0 spiro atoms. The van der Waals surface area contributed by atoms with Gasteiger partial charge < -0.3 is 18.0 Å². The standard InChI is InChI=1S/C11H24O5Si/c1-7-16-10(12)8-9-11(2,3)17(13-4,14-5)15-6/h7-9H2,1-6H3. The van der Waals surface area contributed by atoms with Gasteiger partial charge in [-0.3, -0.25) is 4.79 Å². The normalized spacial score (nSPS) is 12.6. The molecule has 0 bridgehead atoms. The molecule has 0 unspecified atom stereocenters. The third-order valence-corrected chi connectivity index (χ3v) is 6.41. The number of ether oxygens (including phenoxy) is 1. The van der Waals surface area contributed by atoms with Crippen LogP contribution in [0, 0.1) is 0 Å². The van der Waals surface area contributed by atoms with Gasteiger partial charge in [0.1, 0.15) is 0 Å². The molecule has 0 saturated heterocycles. The lowest BCUT2D eigenvalue weighted by Gasteiger charge is -2.38. The molecule has 0 aromatic rings. The van der Waals surface area contributed by atoms with E-state index in [1.807, 2.05) is 13.8 Å². The summed E-state index contributed by atoms with van der Waals surface area (Å²) >= 11 is 0. The quantitative estimate of drug-likeness (QED) is 0.496. The number of carbonyl (C=O) groups excluding carboxylic acids is 1. The summed E-state index contributed by atoms with van der Waals surface area (Å²) in [7, 11) is 1.98. The lowest BCUT2D eigenvalue weighted by Crippen LogP contribution is -2.52. The van der Waals surface area contributed by atoms with Gasteiger partial charge in [-0.15, -0.1) is 0 Å². The molecule has 0 aliphatic rings. The molecular weight excluding hydrogens is 240 g/mol. The maximum absolute atomic E-state index is 11.4. The first kappa shape index (κ1) is 16.6. The second-order valence-corrected chi connectivity index (χ2v) is 8.05. The molecule has 0 aliphatic carbocycles. The Morgan fingerprint density at radius 1 is 1.12 bits per heavy atom. The van der Waals surface area contributed by atoms with Crippen molar-refractivity contribution in [3.05, 3.63) is 0 Å². The Kier molecular flexibility index (Phi) is 6.92. The average molecular weight is 264 g/mol. The van der Waals surface area contributed by atoms with Crippen LogP contribution < -0.4 is 0 Å². The van der Waals surface area contributed by atoms with E-state index in [9.17, 15) is 4.79 Å². The van der Waals surface area contributed by atoms with E-state index in [4.69, 9.17) is 18.0 Å². The van der Waals surface area contributed by atoms with Crippen LogP contribution in [0.5, 0.6) is 0 Å². The van der Waals surface area contributed by atoms with E-state index in [2.05, 4.69) is 0 Å². The monoisotopic (exact) mass is 264 g/mol. The van der Waals surface area contributed by atoms with Gasteiger partial charge in [-0.25, -0.2) is 0 Å². The SMILES string of the molecule is CCOC(=O)CCC(C)(C)[Si](OC)(OC)OC. The van der Waals surface area contributed by atoms with Gasteiger partial charge in [0, 0.05) is 32.8 Å². The first-order chi connectivity index (χ1) is 7.89. The van der Waals surface area contributed by atoms with Crippen molar-refractivity contribution in [2.24, 2.45) is 0 Å². The van der Waals surface area contributed by atoms with Gasteiger partial charge in [0.15, 0.2) is 0 Å². The van der Waals surface area contributed by atoms with Crippen LogP contribution in [0.4, 0.5) is 0 Å². The van der Waals surface area contributed by atoms with Gasteiger partial charge in [-0.1, -0.05) is 13.8 Å². The van der Waals surface area contributed by atoms with Crippen LogP contribution in [0.3, 0.4) is 0 Å². The number of carbonyl (C=O) groups is 1. The van der Waals surface area contributed by atoms with Crippen molar-refractivity contribution in [1.82, 2.24) is 0 Å². The summed E-state index contributed by atoms with van der Waals surface area (Å²) in [5.41, 5.74) is 0. The van der Waals surface area contributed by atoms with E-state index >= 15 is 0 Å². The van der Waals surface area contributed by atoms with Crippen LogP contribution in [-0.2, 0) is 22.8 Å². The van der Waals surface area contributed by atoms with Crippen LogP contribution >= 0.6 is 0 Å². The molecule has 0 amide bonds. The van der Waals surface area contributed by atoms with E-state index in [1.54, 1.807) is 28.3 Å². The average Bonchev–Trinajstić information content (AvgIpc) is 2.30. The molecule has 102 valence electrons. The van der Waals surface area contributed by atoms with Crippen LogP contribution in [0.2, 0.25) is 5.04 Å². The Morgan fingerprint density at radius 3 is 1.94 bits per heavy atom. The molecule has 0 rings (SSSR count). The van der Waals surface area contributed by atoms with Gasteiger partial charge in [0.25, 0.3) is 0 Å². The third-order valence-electron chi connectivity index (χ3n) is 2.89. The van der Waals surface area contributed by atoms with Gasteiger partial charge in [0.05, 0.1) is 6.61 Å². The van der Waals surface area contributed by atoms with Gasteiger partial charge in [-0.2, -0.15) is 0 Å². The minimum absolute atomic E-state index is 0.202. The maximum atomic E-state index is 11.4. The topological polar surface area (TPSA) is 54.0 Å². The molecule has 6 heteroatoms. The largest absolute Gasteiger partial charge is 0.506 e. The summed E-state index contributed by atoms with van der Waals surface area (Å²) in [6.07, 6.45) is 0.944. The fraction of sp³-hybridized carbons (Fsp3) is 0.909. The molecule has 0 fully saturated rings. The second-order valence-electron chi connectivity index (χ2n) is 4.36. The summed E-state index contributed by atoms with van der Waals surface area (Å²) in [5, 5.41) is -0.335. The molecule has 0 saturated carbocycles. The summed E-state index contributed by atoms with van der Waals surface area (Å²) < 4.78 is 21.2. The second kappa shape index (κ2) is 7.10. The van der Waals surface area contributed by atoms with E-state index in [1.165, 1.54) is 0 Å². The van der Waals surface area contributed by atoms with E-state index in [0.717, 1.165) is 0 Å². The number of rotatable bonds is 8. The van der Waals surface area contributed by atoms with E-state index < -0.39 is 8.80 Å². The Hall–Kier alpha value is -0.433. The highest BCUT2D eigenvalue weighted by Crippen LogP contribution is 2.42. The van der Waals surface area contributed by atoms with Crippen molar-refractivity contribution in [2.45, 2.75) is 38.7 Å². The summed E-state index contributed by atoms with van der Waals surface area (Å²) in [6, 6.07) is 0. The highest BCUT2D eigenvalue weighted by Gasteiger charge is 2.53. The predicted octanol–water partition coefficient (Wildman–Crippen LogP) is 1.99. The Morgan fingerprint density at radius 2 is 1.59 bits per heavy atom. The summed E-state index contributed by atoms with van der Waals surface area (Å²) in [4.78, 5) is 11.4. The molecule has 0 atom stereocenters. The first-order valence-electron chi connectivity index (χ1n) is 5.70. The van der Waals surface area contributed by atoms with Crippen molar-refractivity contribution >= 4 is 14.8 Å². The molecule has 0 heterocycles. The molecule has 5 nitrogen and oxygen atoms in total. The van der Waals surface area contributed by atoms with Crippen molar-refractivity contribution < 1.29 is 22.8 Å². The molecule has 0 aromatic carbocycles. The first-order valence-corrected chi connectivity index (χ1v) is 7.42. The maximum Gasteiger partial charge on any atom is 0.506 e. The molecular formula is C11H24O5Si. The minimum Gasteiger partial charge on any atom is -0.466 e. The van der Waals surface area contributed by atoms with Gasteiger partial charge >= 0.3 is 14.8 Å². The van der Waals surface area contributed by atoms with Crippen molar-refractivity contribution in [2.75, 3.05) is 27.9 Å². The summed E-state index contributed by atoms with van der Waals surface area (Å²) in [5.74, 6) is -0.202. The van der Waals surface area contributed by atoms with Gasteiger partial charge in [0.2, 0.25) is 0 Å². The highest BCUT2D eigenvalue weighted by molar-refractivity contribution is 6.64. The zero-order valence-electron chi connectivity index (χ0n) is 11.7. The van der Waals surface area contributed by atoms with Crippen molar-refractivity contribution in [3.8, 4) is 0 Å². The Labute approximate surface area is 105 Å². The fourth-order valence-electron chi connectivity index (χ4n) is 1.88. The highest BCUT2D eigenvalue weighted by atomic mass is 28.4. The van der Waals surface area contributed by atoms with Crippen molar-refractivity contribution in [1.29, 1.82) is 0 Å². The van der Waals surface area contributed by atoms with Crippen LogP contribution in [0.1, 0.15) is 33.6 Å². The van der Waals surface area contributed by atoms with Crippen LogP contribution in [0.15, 0.2) is 0 Å². The van der Waals surface area contributed by atoms with Crippen LogP contribution in [0.25, 0.3) is 0 Å². The van der Waals surface area contributed by atoms with Gasteiger partial charge in [-0.05, 0) is 13.3 Å². The Bertz CT molecular complexity index is 230. The number of hydrogen-bond donors (Lipinski definition) is 0. The Balaban J connectivity index is 4.58. The molecule has 17 heavy (non-hydrogen) atoms. The van der Waals surface area contributed by atoms with E-state index in [-0.39, 0.29) is 11.0 Å². The number of esters is 1. The number of hydrogen-bond acceptors (Lipinski definition) is 5. The lowest BCUT2D eigenvalue weighted by atomic mass is 10.1. The smallest absolute Gasteiger partial charge is 0.466 e. The third kappa shape index (κ3) is 4.06. The molecule has 0 aliphatic heterocycles. The zero-order valence-corrected chi connectivity index (χ0v) is 12.7. The predicted molar refractivity (Wildman–Crippen MR) is 66.7 cm³/mol. The lowest BCUT2D eigenvalue weighted by molar-refractivity contribution is -0.143. The zero-order chi connectivity index (χ0) is 13.5. The molecule has 0 radical (unpaired) electrons. The van der Waals surface area contributed by atoms with E-state index in [0.29, 0.717) is 19.4 Å². The molecule has 0 N–H and O–H groups in total. The van der Waals surface area contributed by atoms with Crippen molar-refractivity contribution in [3.63, 3.8) is 0 Å². The minimum atomic E-state index is -2.74.